The third-order valence-electron chi connectivity index (χ3n) is 7.07. The number of rotatable bonds is 5. The normalized spacial score (nSPS) is 19.1. The molecule has 8 nitrogen and oxygen atoms in total. The zero-order chi connectivity index (χ0) is 25.2. The molecule has 5 heterocycles. The molecular formula is C24H22F4N6O2. The number of alkyl halides is 3. The summed E-state index contributed by atoms with van der Waals surface area (Å²) in [4.78, 5) is 20.2. The Morgan fingerprint density at radius 2 is 1.83 bits per heavy atom. The summed E-state index contributed by atoms with van der Waals surface area (Å²) < 4.78 is 56.6. The summed E-state index contributed by atoms with van der Waals surface area (Å²) in [6.07, 6.45) is -3.10. The fourth-order valence-electron chi connectivity index (χ4n) is 5.20. The Morgan fingerprint density at radius 3 is 2.42 bits per heavy atom. The second kappa shape index (κ2) is 7.92. The minimum Gasteiger partial charge on any atom is -0.406 e. The van der Waals surface area contributed by atoms with Crippen molar-refractivity contribution in [2.24, 2.45) is 5.41 Å². The molecular weight excluding hydrogens is 480 g/mol. The van der Waals surface area contributed by atoms with Crippen molar-refractivity contribution < 1.29 is 27.1 Å². The maximum Gasteiger partial charge on any atom is 0.573 e. The van der Waals surface area contributed by atoms with E-state index in [1.807, 2.05) is 6.07 Å². The van der Waals surface area contributed by atoms with Crippen molar-refractivity contribution >= 4 is 22.6 Å². The number of carbonyl (C=O) groups is 1. The number of ether oxygens (including phenoxy) is 1. The monoisotopic (exact) mass is 502 g/mol. The number of hydrogen-bond donors (Lipinski definition) is 1. The first-order chi connectivity index (χ1) is 17.1. The van der Waals surface area contributed by atoms with E-state index in [0.717, 1.165) is 37.3 Å². The van der Waals surface area contributed by atoms with Gasteiger partial charge in [0.25, 0.3) is 5.91 Å². The predicted molar refractivity (Wildman–Crippen MR) is 123 cm³/mol. The molecule has 36 heavy (non-hydrogen) atoms. The highest BCUT2D eigenvalue weighted by atomic mass is 19.4. The fraction of sp³-hybridized carbons (Fsp3) is 0.375. The van der Waals surface area contributed by atoms with Crippen LogP contribution < -0.4 is 15.0 Å². The highest BCUT2D eigenvalue weighted by Gasteiger charge is 2.48. The summed E-state index contributed by atoms with van der Waals surface area (Å²) in [6.45, 7) is 7.39. The number of anilines is 1. The Balaban J connectivity index is 1.37. The van der Waals surface area contributed by atoms with Gasteiger partial charge in [-0.2, -0.15) is 5.10 Å². The molecule has 2 aromatic heterocycles. The van der Waals surface area contributed by atoms with Crippen LogP contribution in [0.3, 0.4) is 0 Å². The van der Waals surface area contributed by atoms with Gasteiger partial charge >= 0.3 is 6.36 Å². The van der Waals surface area contributed by atoms with Gasteiger partial charge in [0.1, 0.15) is 5.75 Å². The van der Waals surface area contributed by atoms with Gasteiger partial charge in [0, 0.05) is 56.8 Å². The third kappa shape index (κ3) is 3.76. The third-order valence-corrected chi connectivity index (χ3v) is 7.07. The van der Waals surface area contributed by atoms with Gasteiger partial charge in [-0.15, -0.1) is 13.2 Å². The molecule has 0 atom stereocenters. The maximum absolute atomic E-state index is 13.3. The molecule has 3 fully saturated rings. The van der Waals surface area contributed by atoms with Crippen LogP contribution in [0.15, 0.2) is 48.9 Å². The molecule has 0 saturated carbocycles. The average molecular weight is 502 g/mol. The Hall–Kier alpha value is -3.67. The summed E-state index contributed by atoms with van der Waals surface area (Å²) >= 11 is 0. The number of benzene rings is 1. The number of amides is 1. The first kappa shape index (κ1) is 22.8. The SMILES string of the molecule is C=C(F)C(=O)N1CC(c2nn(-c3ccc(OC(F)(F)F)cc3)c3nccc(N4CC5(CNC5)C4)c23)C1. The number of nitrogens with one attached hydrogen (secondary N) is 1. The number of hydrogen-bond acceptors (Lipinski definition) is 6. The van der Waals surface area contributed by atoms with Gasteiger partial charge in [-0.1, -0.05) is 6.58 Å². The van der Waals surface area contributed by atoms with Crippen molar-refractivity contribution in [2.45, 2.75) is 12.3 Å². The van der Waals surface area contributed by atoms with Gasteiger partial charge in [-0.3, -0.25) is 4.79 Å². The van der Waals surface area contributed by atoms with Crippen LogP contribution in [0.1, 0.15) is 11.6 Å². The van der Waals surface area contributed by atoms with Crippen molar-refractivity contribution in [3.05, 3.63) is 54.6 Å². The van der Waals surface area contributed by atoms with Crippen LogP contribution in [0.4, 0.5) is 23.2 Å². The summed E-state index contributed by atoms with van der Waals surface area (Å²) in [7, 11) is 0. The van der Waals surface area contributed by atoms with E-state index in [4.69, 9.17) is 5.10 Å². The number of nitrogens with zero attached hydrogens (tertiary/aromatic N) is 5. The number of pyridine rings is 1. The lowest BCUT2D eigenvalue weighted by Gasteiger charge is -2.57. The molecule has 1 spiro atoms. The smallest absolute Gasteiger partial charge is 0.406 e. The highest BCUT2D eigenvalue weighted by Crippen LogP contribution is 2.43. The number of likely N-dealkylation sites (tertiary alicyclic amines) is 1. The first-order valence-corrected chi connectivity index (χ1v) is 11.5. The topological polar surface area (TPSA) is 75.5 Å². The summed E-state index contributed by atoms with van der Waals surface area (Å²) in [5, 5.41) is 8.94. The Bertz CT molecular complexity index is 1350. The molecule has 188 valence electrons. The van der Waals surface area contributed by atoms with Crippen molar-refractivity contribution in [3.8, 4) is 11.4 Å². The molecule has 3 saturated heterocycles. The molecule has 0 bridgehead atoms. The van der Waals surface area contributed by atoms with E-state index in [9.17, 15) is 22.4 Å². The van der Waals surface area contributed by atoms with E-state index >= 15 is 0 Å². The fourth-order valence-corrected chi connectivity index (χ4v) is 5.20. The second-order valence-corrected chi connectivity index (χ2v) is 9.64. The second-order valence-electron chi connectivity index (χ2n) is 9.64. The van der Waals surface area contributed by atoms with E-state index in [1.54, 1.807) is 10.9 Å². The van der Waals surface area contributed by atoms with E-state index in [1.165, 1.54) is 29.2 Å². The number of fused-ring (bicyclic) bond motifs is 1. The van der Waals surface area contributed by atoms with E-state index in [0.29, 0.717) is 17.0 Å². The minimum absolute atomic E-state index is 0.145. The minimum atomic E-state index is -4.79. The largest absolute Gasteiger partial charge is 0.573 e. The molecule has 6 rings (SSSR count). The molecule has 1 aromatic carbocycles. The highest BCUT2D eigenvalue weighted by molar-refractivity contribution is 5.95. The van der Waals surface area contributed by atoms with Crippen LogP contribution in [-0.4, -0.2) is 71.2 Å². The van der Waals surface area contributed by atoms with Gasteiger partial charge in [0.15, 0.2) is 11.5 Å². The Labute approximate surface area is 203 Å². The zero-order valence-electron chi connectivity index (χ0n) is 19.1. The molecule has 1 N–H and O–H groups in total. The molecule has 0 aliphatic carbocycles. The molecule has 3 aliphatic rings. The molecule has 1 amide bonds. The van der Waals surface area contributed by atoms with Crippen LogP contribution in [-0.2, 0) is 4.79 Å². The van der Waals surface area contributed by atoms with Crippen LogP contribution in [0.5, 0.6) is 5.75 Å². The van der Waals surface area contributed by atoms with Gasteiger partial charge in [0.2, 0.25) is 0 Å². The van der Waals surface area contributed by atoms with Gasteiger partial charge in [-0.05, 0) is 30.3 Å². The van der Waals surface area contributed by atoms with Crippen molar-refractivity contribution in [1.82, 2.24) is 25.0 Å². The van der Waals surface area contributed by atoms with Crippen LogP contribution in [0, 0.1) is 5.41 Å². The zero-order valence-corrected chi connectivity index (χ0v) is 19.1. The summed E-state index contributed by atoms with van der Waals surface area (Å²) in [6, 6.07) is 7.34. The number of aromatic nitrogens is 3. The Morgan fingerprint density at radius 1 is 1.14 bits per heavy atom. The lowest BCUT2D eigenvalue weighted by molar-refractivity contribution is -0.274. The van der Waals surface area contributed by atoms with Crippen LogP contribution in [0.2, 0.25) is 0 Å². The van der Waals surface area contributed by atoms with Gasteiger partial charge in [0.05, 0.1) is 22.5 Å². The van der Waals surface area contributed by atoms with Crippen LogP contribution >= 0.6 is 0 Å². The van der Waals surface area contributed by atoms with Crippen molar-refractivity contribution in [2.75, 3.05) is 44.2 Å². The van der Waals surface area contributed by atoms with Gasteiger partial charge in [-0.25, -0.2) is 14.1 Å². The molecule has 3 aliphatic heterocycles. The summed E-state index contributed by atoms with van der Waals surface area (Å²) in [5.41, 5.74) is 3.03. The summed E-state index contributed by atoms with van der Waals surface area (Å²) in [5.74, 6) is -2.23. The lowest BCUT2D eigenvalue weighted by Crippen LogP contribution is -2.71. The average Bonchev–Trinajstić information content (AvgIpc) is 3.10. The predicted octanol–water partition coefficient (Wildman–Crippen LogP) is 3.14. The van der Waals surface area contributed by atoms with E-state index < -0.39 is 18.1 Å². The van der Waals surface area contributed by atoms with Gasteiger partial charge < -0.3 is 19.9 Å². The quantitative estimate of drug-likeness (QED) is 0.427. The lowest BCUT2D eigenvalue weighted by atomic mass is 9.74. The molecule has 0 radical (unpaired) electrons. The van der Waals surface area contributed by atoms with Crippen molar-refractivity contribution in [3.63, 3.8) is 0 Å². The van der Waals surface area contributed by atoms with E-state index in [2.05, 4.69) is 26.5 Å². The Kier molecular flexibility index (Phi) is 5.01. The number of halogens is 4. The van der Waals surface area contributed by atoms with Crippen LogP contribution in [0.25, 0.3) is 16.7 Å². The molecule has 0 unspecified atom stereocenters. The molecule has 3 aromatic rings. The maximum atomic E-state index is 13.3. The van der Waals surface area contributed by atoms with Crippen molar-refractivity contribution in [1.29, 1.82) is 0 Å². The number of carbonyl (C=O) groups excluding carboxylic acids is 1. The molecule has 12 heteroatoms. The standard InChI is InChI=1S/C24H22F4N6O2/c1-14(25)22(35)32-8-15(9-32)20-19-18(33-12-23(13-33)10-29-11-23)6-7-30-21(19)34(31-20)16-2-4-17(5-3-16)36-24(26,27)28/h2-7,15,29H,1,8-13H2. The first-order valence-electron chi connectivity index (χ1n) is 11.5. The van der Waals surface area contributed by atoms with E-state index in [-0.39, 0.29) is 30.2 Å².